The fourth-order valence-electron chi connectivity index (χ4n) is 4.25. The maximum atomic E-state index is 5.49. The van der Waals surface area contributed by atoms with Crippen LogP contribution in [0.5, 0.6) is 17.2 Å². The highest BCUT2D eigenvalue weighted by atomic mass is 16.5. The van der Waals surface area contributed by atoms with Gasteiger partial charge in [-0.25, -0.2) is 9.97 Å². The molecule has 170 valence electrons. The molecule has 33 heavy (non-hydrogen) atoms. The maximum absolute atomic E-state index is 5.49. The van der Waals surface area contributed by atoms with Crippen molar-refractivity contribution in [3.63, 3.8) is 0 Å². The van der Waals surface area contributed by atoms with Gasteiger partial charge in [0, 0.05) is 62.0 Å². The molecule has 3 heterocycles. The van der Waals surface area contributed by atoms with E-state index < -0.39 is 0 Å². The summed E-state index contributed by atoms with van der Waals surface area (Å²) < 4.78 is 18.3. The molecule has 4 aromatic rings. The van der Waals surface area contributed by atoms with E-state index >= 15 is 0 Å². The maximum Gasteiger partial charge on any atom is 0.212 e. The van der Waals surface area contributed by atoms with Gasteiger partial charge >= 0.3 is 0 Å². The van der Waals surface area contributed by atoms with Crippen LogP contribution in [0.2, 0.25) is 0 Å². The lowest BCUT2D eigenvalue weighted by atomic mass is 10.1. The Bertz CT molecular complexity index is 1260. The topological polar surface area (TPSA) is 64.4 Å². The Morgan fingerprint density at radius 1 is 0.788 bits per heavy atom. The number of anilines is 2. The average Bonchev–Trinajstić information content (AvgIpc) is 3.36. The van der Waals surface area contributed by atoms with Gasteiger partial charge in [0.15, 0.2) is 11.5 Å². The van der Waals surface area contributed by atoms with E-state index in [-0.39, 0.29) is 0 Å². The van der Waals surface area contributed by atoms with Crippen LogP contribution in [0.15, 0.2) is 60.9 Å². The van der Waals surface area contributed by atoms with Crippen molar-refractivity contribution < 1.29 is 14.2 Å². The SMILES string of the molecule is COc1cccc(N2CCN(c3nc(-c4ccc(OC)c(OC)c4)cc4nccn34)CC2)c1. The molecule has 0 atom stereocenters. The van der Waals surface area contributed by atoms with Gasteiger partial charge in [0.25, 0.3) is 0 Å². The number of ether oxygens (including phenoxy) is 3. The lowest BCUT2D eigenvalue weighted by Crippen LogP contribution is -2.47. The van der Waals surface area contributed by atoms with Crippen molar-refractivity contribution in [1.82, 2.24) is 14.4 Å². The Morgan fingerprint density at radius 3 is 2.33 bits per heavy atom. The van der Waals surface area contributed by atoms with E-state index in [0.29, 0.717) is 11.5 Å². The molecule has 1 aliphatic heterocycles. The number of piperazine rings is 1. The number of rotatable bonds is 6. The molecule has 0 saturated carbocycles. The molecule has 2 aromatic carbocycles. The second kappa shape index (κ2) is 8.90. The first-order valence-corrected chi connectivity index (χ1v) is 10.9. The van der Waals surface area contributed by atoms with E-state index in [1.54, 1.807) is 21.3 Å². The van der Waals surface area contributed by atoms with Crippen LogP contribution in [0.3, 0.4) is 0 Å². The number of hydrogen-bond donors (Lipinski definition) is 0. The van der Waals surface area contributed by atoms with Crippen LogP contribution in [-0.2, 0) is 0 Å². The van der Waals surface area contributed by atoms with Gasteiger partial charge in [-0.15, -0.1) is 0 Å². The predicted octanol–water partition coefficient (Wildman–Crippen LogP) is 3.75. The molecule has 0 amide bonds. The van der Waals surface area contributed by atoms with Crippen molar-refractivity contribution in [1.29, 1.82) is 0 Å². The van der Waals surface area contributed by atoms with Gasteiger partial charge in [-0.05, 0) is 30.3 Å². The third-order valence-electron chi connectivity index (χ3n) is 6.03. The zero-order valence-corrected chi connectivity index (χ0v) is 19.1. The van der Waals surface area contributed by atoms with E-state index in [9.17, 15) is 0 Å². The van der Waals surface area contributed by atoms with E-state index in [0.717, 1.165) is 54.8 Å². The molecule has 8 heteroatoms. The monoisotopic (exact) mass is 445 g/mol. The van der Waals surface area contributed by atoms with Crippen LogP contribution >= 0.6 is 0 Å². The zero-order chi connectivity index (χ0) is 22.8. The summed E-state index contributed by atoms with van der Waals surface area (Å²) in [7, 11) is 4.97. The molecule has 0 unspecified atom stereocenters. The van der Waals surface area contributed by atoms with Gasteiger partial charge in [0.1, 0.15) is 11.4 Å². The summed E-state index contributed by atoms with van der Waals surface area (Å²) in [5.41, 5.74) is 3.84. The van der Waals surface area contributed by atoms with Gasteiger partial charge in [0.05, 0.1) is 27.0 Å². The highest BCUT2D eigenvalue weighted by Crippen LogP contribution is 2.33. The number of nitrogens with zero attached hydrogens (tertiary/aromatic N) is 5. The summed E-state index contributed by atoms with van der Waals surface area (Å²) in [6.45, 7) is 3.50. The zero-order valence-electron chi connectivity index (χ0n) is 19.1. The van der Waals surface area contributed by atoms with Crippen molar-refractivity contribution in [2.45, 2.75) is 0 Å². The summed E-state index contributed by atoms with van der Waals surface area (Å²) in [6, 6.07) is 16.1. The molecule has 1 fully saturated rings. The largest absolute Gasteiger partial charge is 0.497 e. The molecule has 1 aliphatic rings. The molecule has 1 saturated heterocycles. The highest BCUT2D eigenvalue weighted by molar-refractivity contribution is 5.69. The predicted molar refractivity (Wildman–Crippen MR) is 129 cm³/mol. The van der Waals surface area contributed by atoms with Gasteiger partial charge in [0.2, 0.25) is 5.95 Å². The second-order valence-corrected chi connectivity index (χ2v) is 7.84. The van der Waals surface area contributed by atoms with Gasteiger partial charge in [-0.2, -0.15) is 0 Å². The number of methoxy groups -OCH3 is 3. The minimum atomic E-state index is 0.675. The van der Waals surface area contributed by atoms with E-state index in [4.69, 9.17) is 19.2 Å². The standard InChI is InChI=1S/C25H27N5O3/c1-31-20-6-4-5-19(16-20)28-11-13-29(14-12-28)25-27-21(17-24-26-9-10-30(24)25)18-7-8-22(32-2)23(15-18)33-3/h4-10,15-17H,11-14H2,1-3H3. The van der Waals surface area contributed by atoms with Crippen molar-refractivity contribution in [3.05, 3.63) is 60.9 Å². The quantitative estimate of drug-likeness (QED) is 0.448. The normalized spacial score (nSPS) is 13.9. The summed E-state index contributed by atoms with van der Waals surface area (Å²) >= 11 is 0. The van der Waals surface area contributed by atoms with E-state index in [1.165, 1.54) is 5.69 Å². The third-order valence-corrected chi connectivity index (χ3v) is 6.03. The Labute approximate surface area is 193 Å². The van der Waals surface area contributed by atoms with E-state index in [1.807, 2.05) is 53.2 Å². The molecule has 2 aromatic heterocycles. The Balaban J connectivity index is 1.44. The molecule has 0 aliphatic carbocycles. The highest BCUT2D eigenvalue weighted by Gasteiger charge is 2.22. The van der Waals surface area contributed by atoms with Crippen LogP contribution in [0, 0.1) is 0 Å². The lowest BCUT2D eigenvalue weighted by Gasteiger charge is -2.37. The van der Waals surface area contributed by atoms with Gasteiger partial charge in [-0.1, -0.05) is 6.07 Å². The number of aromatic nitrogens is 3. The molecular weight excluding hydrogens is 418 g/mol. The first-order chi connectivity index (χ1) is 16.2. The Kier molecular flexibility index (Phi) is 5.64. The summed E-state index contributed by atoms with van der Waals surface area (Å²) in [5.74, 6) is 3.13. The van der Waals surface area contributed by atoms with Crippen molar-refractivity contribution in [3.8, 4) is 28.5 Å². The fraction of sp³-hybridized carbons (Fsp3) is 0.280. The smallest absolute Gasteiger partial charge is 0.212 e. The number of hydrogen-bond acceptors (Lipinski definition) is 7. The fourth-order valence-corrected chi connectivity index (χ4v) is 4.25. The Morgan fingerprint density at radius 2 is 1.58 bits per heavy atom. The number of fused-ring (bicyclic) bond motifs is 1. The van der Waals surface area contributed by atoms with Crippen LogP contribution in [0.25, 0.3) is 16.9 Å². The van der Waals surface area contributed by atoms with Crippen LogP contribution in [0.4, 0.5) is 11.6 Å². The summed E-state index contributed by atoms with van der Waals surface area (Å²) in [4.78, 5) is 14.3. The molecule has 0 N–H and O–H groups in total. The molecule has 0 spiro atoms. The van der Waals surface area contributed by atoms with Crippen molar-refractivity contribution >= 4 is 17.3 Å². The minimum absolute atomic E-state index is 0.675. The first kappa shape index (κ1) is 20.9. The number of benzene rings is 2. The van der Waals surface area contributed by atoms with Crippen molar-refractivity contribution in [2.75, 3.05) is 57.3 Å². The second-order valence-electron chi connectivity index (χ2n) is 7.84. The molecule has 0 radical (unpaired) electrons. The van der Waals surface area contributed by atoms with Crippen LogP contribution < -0.4 is 24.0 Å². The van der Waals surface area contributed by atoms with Gasteiger partial charge < -0.3 is 24.0 Å². The molecule has 5 rings (SSSR count). The first-order valence-electron chi connectivity index (χ1n) is 10.9. The van der Waals surface area contributed by atoms with E-state index in [2.05, 4.69) is 26.9 Å². The lowest BCUT2D eigenvalue weighted by molar-refractivity contribution is 0.355. The molecular formula is C25H27N5O3. The molecule has 8 nitrogen and oxygen atoms in total. The number of imidazole rings is 1. The third kappa shape index (κ3) is 4.00. The minimum Gasteiger partial charge on any atom is -0.497 e. The van der Waals surface area contributed by atoms with Crippen LogP contribution in [0.1, 0.15) is 0 Å². The van der Waals surface area contributed by atoms with Crippen molar-refractivity contribution in [2.24, 2.45) is 0 Å². The Hall–Kier alpha value is -3.94. The van der Waals surface area contributed by atoms with Gasteiger partial charge in [-0.3, -0.25) is 4.40 Å². The molecule has 0 bridgehead atoms. The summed E-state index contributed by atoms with van der Waals surface area (Å²) in [6.07, 6.45) is 3.77. The summed E-state index contributed by atoms with van der Waals surface area (Å²) in [5, 5.41) is 0. The van der Waals surface area contributed by atoms with Crippen LogP contribution in [-0.4, -0.2) is 61.9 Å². The average molecular weight is 446 g/mol.